The number of amides is 1. The molecule has 0 saturated carbocycles. The molecule has 0 radical (unpaired) electrons. The number of carbonyl (C=O) groups is 1. The van der Waals surface area contributed by atoms with Crippen molar-refractivity contribution in [3.8, 4) is 11.4 Å². The Labute approximate surface area is 205 Å². The highest BCUT2D eigenvalue weighted by molar-refractivity contribution is 7.99. The van der Waals surface area contributed by atoms with E-state index in [-0.39, 0.29) is 22.8 Å². The molecule has 2 aromatic heterocycles. The van der Waals surface area contributed by atoms with E-state index in [1.165, 1.54) is 16.3 Å². The number of thioether (sulfide) groups is 1. The third kappa shape index (κ3) is 4.65. The minimum Gasteiger partial charge on any atom is -0.494 e. The molecule has 0 fully saturated rings. The van der Waals surface area contributed by atoms with Gasteiger partial charge in [-0.25, -0.2) is 4.98 Å². The van der Waals surface area contributed by atoms with E-state index in [2.05, 4.69) is 5.32 Å². The number of anilines is 1. The number of aromatic nitrogens is 2. The summed E-state index contributed by atoms with van der Waals surface area (Å²) in [6, 6.07) is 22.2. The van der Waals surface area contributed by atoms with Gasteiger partial charge < -0.3 is 14.5 Å². The lowest BCUT2D eigenvalue weighted by Gasteiger charge is -2.12. The molecule has 0 bridgehead atoms. The third-order valence-corrected chi connectivity index (χ3v) is 6.35. The summed E-state index contributed by atoms with van der Waals surface area (Å²) in [6.45, 7) is 4.45. The van der Waals surface area contributed by atoms with Crippen LogP contribution in [0.1, 0.15) is 12.5 Å². The van der Waals surface area contributed by atoms with Gasteiger partial charge in [0.15, 0.2) is 5.16 Å². The van der Waals surface area contributed by atoms with E-state index in [0.29, 0.717) is 34.2 Å². The van der Waals surface area contributed by atoms with Gasteiger partial charge in [-0.3, -0.25) is 14.2 Å². The molecule has 0 atom stereocenters. The van der Waals surface area contributed by atoms with Crippen LogP contribution in [0.5, 0.6) is 5.75 Å². The van der Waals surface area contributed by atoms with Gasteiger partial charge in [-0.2, -0.15) is 0 Å². The monoisotopic (exact) mass is 485 g/mol. The molecule has 5 aromatic rings. The number of hydrogen-bond donors (Lipinski definition) is 1. The Hall–Kier alpha value is -4.04. The van der Waals surface area contributed by atoms with Gasteiger partial charge in [0.25, 0.3) is 0 Å². The lowest BCUT2D eigenvalue weighted by Crippen LogP contribution is -2.22. The SMILES string of the molecule is CCOc1ccc(NC(=O)CSc2nc3c(oc4ccccc43)c(=O)n2-c2cccc(C)c2)cc1. The first-order chi connectivity index (χ1) is 17.0. The minimum absolute atomic E-state index is 0.0761. The van der Waals surface area contributed by atoms with E-state index in [1.54, 1.807) is 24.3 Å². The Morgan fingerprint density at radius 3 is 2.66 bits per heavy atom. The molecule has 0 aliphatic rings. The van der Waals surface area contributed by atoms with Crippen molar-refractivity contribution in [1.82, 2.24) is 9.55 Å². The number of hydrogen-bond acceptors (Lipinski definition) is 6. The van der Waals surface area contributed by atoms with Crippen molar-refractivity contribution >= 4 is 45.4 Å². The molecular weight excluding hydrogens is 462 g/mol. The fourth-order valence-electron chi connectivity index (χ4n) is 3.84. The summed E-state index contributed by atoms with van der Waals surface area (Å²) >= 11 is 1.20. The first-order valence-electron chi connectivity index (χ1n) is 11.2. The number of nitrogens with one attached hydrogen (secondary N) is 1. The van der Waals surface area contributed by atoms with Crippen molar-refractivity contribution in [3.63, 3.8) is 0 Å². The van der Waals surface area contributed by atoms with Crippen LogP contribution in [0.3, 0.4) is 0 Å². The second-order valence-electron chi connectivity index (χ2n) is 7.94. The average Bonchev–Trinajstić information content (AvgIpc) is 3.23. The van der Waals surface area contributed by atoms with E-state index in [4.69, 9.17) is 14.1 Å². The normalized spacial score (nSPS) is 11.1. The molecule has 1 N–H and O–H groups in total. The summed E-state index contributed by atoms with van der Waals surface area (Å²) in [5, 5.41) is 4.06. The van der Waals surface area contributed by atoms with Crippen LogP contribution in [-0.4, -0.2) is 27.8 Å². The highest BCUT2D eigenvalue weighted by Crippen LogP contribution is 2.29. The standard InChI is InChI=1S/C27H23N3O4S/c1-3-33-20-13-11-18(12-14-20)28-23(31)16-35-27-29-24-21-9-4-5-10-22(21)34-25(24)26(32)30(27)19-8-6-7-17(2)15-19/h4-15H,3,16H2,1-2H3,(H,28,31). The minimum atomic E-state index is -0.314. The highest BCUT2D eigenvalue weighted by atomic mass is 32.2. The summed E-state index contributed by atoms with van der Waals surface area (Å²) in [5.41, 5.74) is 3.30. The molecule has 3 aromatic carbocycles. The maximum atomic E-state index is 13.6. The van der Waals surface area contributed by atoms with E-state index < -0.39 is 0 Å². The summed E-state index contributed by atoms with van der Waals surface area (Å²) in [4.78, 5) is 31.0. The molecule has 0 aliphatic heterocycles. The van der Waals surface area contributed by atoms with Gasteiger partial charge >= 0.3 is 5.56 Å². The second-order valence-corrected chi connectivity index (χ2v) is 8.89. The number of nitrogens with zero attached hydrogens (tertiary/aromatic N) is 2. The Kier molecular flexibility index (Phi) is 6.29. The van der Waals surface area contributed by atoms with Crippen molar-refractivity contribution in [2.45, 2.75) is 19.0 Å². The van der Waals surface area contributed by atoms with Gasteiger partial charge in [-0.1, -0.05) is 36.0 Å². The number of aryl methyl sites for hydroxylation is 1. The maximum absolute atomic E-state index is 13.6. The number of furan rings is 1. The van der Waals surface area contributed by atoms with Crippen molar-refractivity contribution in [2.75, 3.05) is 17.7 Å². The molecular formula is C27H23N3O4S. The highest BCUT2D eigenvalue weighted by Gasteiger charge is 2.19. The second kappa shape index (κ2) is 9.68. The smallest absolute Gasteiger partial charge is 0.302 e. The van der Waals surface area contributed by atoms with Crippen LogP contribution in [0.4, 0.5) is 5.69 Å². The number of carbonyl (C=O) groups excluding carboxylic acids is 1. The van der Waals surface area contributed by atoms with Crippen molar-refractivity contribution < 1.29 is 13.9 Å². The molecule has 8 heteroatoms. The van der Waals surface area contributed by atoms with Gasteiger partial charge in [0.05, 0.1) is 18.0 Å². The molecule has 0 spiro atoms. The largest absolute Gasteiger partial charge is 0.494 e. The zero-order chi connectivity index (χ0) is 24.4. The Morgan fingerprint density at radius 2 is 1.89 bits per heavy atom. The summed E-state index contributed by atoms with van der Waals surface area (Å²) in [7, 11) is 0. The fraction of sp³-hybridized carbons (Fsp3) is 0.148. The van der Waals surface area contributed by atoms with Crippen molar-refractivity contribution in [1.29, 1.82) is 0 Å². The molecule has 176 valence electrons. The quantitative estimate of drug-likeness (QED) is 0.240. The number of fused-ring (bicyclic) bond motifs is 3. The molecule has 35 heavy (non-hydrogen) atoms. The average molecular weight is 486 g/mol. The van der Waals surface area contributed by atoms with E-state index in [0.717, 1.165) is 16.7 Å². The molecule has 5 rings (SSSR count). The maximum Gasteiger partial charge on any atom is 0.302 e. The Bertz CT molecular complexity index is 1590. The number of para-hydroxylation sites is 1. The van der Waals surface area contributed by atoms with Crippen LogP contribution >= 0.6 is 11.8 Å². The topological polar surface area (TPSA) is 86.4 Å². The van der Waals surface area contributed by atoms with Crippen molar-refractivity contribution in [3.05, 3.63) is 88.7 Å². The predicted octanol–water partition coefficient (Wildman–Crippen LogP) is 5.57. The van der Waals surface area contributed by atoms with Crippen LogP contribution in [-0.2, 0) is 4.79 Å². The first kappa shape index (κ1) is 22.7. The summed E-state index contributed by atoms with van der Waals surface area (Å²) in [6.07, 6.45) is 0. The molecule has 0 aliphatic carbocycles. The third-order valence-electron chi connectivity index (χ3n) is 5.41. The number of benzene rings is 3. The Balaban J connectivity index is 1.49. The van der Waals surface area contributed by atoms with Gasteiger partial charge in [0.2, 0.25) is 11.5 Å². The molecule has 0 unspecified atom stereocenters. The summed E-state index contributed by atoms with van der Waals surface area (Å²) < 4.78 is 12.8. The van der Waals surface area contributed by atoms with E-state index in [1.807, 2.05) is 62.4 Å². The molecule has 1 amide bonds. The van der Waals surface area contributed by atoms with Crippen LogP contribution in [0.15, 0.2) is 87.2 Å². The Morgan fingerprint density at radius 1 is 1.09 bits per heavy atom. The molecule has 2 heterocycles. The van der Waals surface area contributed by atoms with Gasteiger partial charge in [-0.05, 0) is 67.9 Å². The fourth-order valence-corrected chi connectivity index (χ4v) is 4.65. The van der Waals surface area contributed by atoms with Crippen LogP contribution in [0, 0.1) is 6.92 Å². The predicted molar refractivity (Wildman–Crippen MR) is 139 cm³/mol. The lowest BCUT2D eigenvalue weighted by atomic mass is 10.2. The zero-order valence-electron chi connectivity index (χ0n) is 19.3. The van der Waals surface area contributed by atoms with E-state index in [9.17, 15) is 9.59 Å². The van der Waals surface area contributed by atoms with Crippen molar-refractivity contribution in [2.24, 2.45) is 0 Å². The van der Waals surface area contributed by atoms with E-state index >= 15 is 0 Å². The lowest BCUT2D eigenvalue weighted by molar-refractivity contribution is -0.113. The van der Waals surface area contributed by atoms with Gasteiger partial charge in [-0.15, -0.1) is 0 Å². The van der Waals surface area contributed by atoms with Gasteiger partial charge in [0, 0.05) is 11.1 Å². The number of ether oxygens (including phenoxy) is 1. The summed E-state index contributed by atoms with van der Waals surface area (Å²) in [5.74, 6) is 0.612. The van der Waals surface area contributed by atoms with Crippen LogP contribution < -0.4 is 15.6 Å². The molecule has 7 nitrogen and oxygen atoms in total. The molecule has 0 saturated heterocycles. The van der Waals surface area contributed by atoms with Gasteiger partial charge in [0.1, 0.15) is 16.8 Å². The van der Waals surface area contributed by atoms with Crippen LogP contribution in [0.2, 0.25) is 0 Å². The zero-order valence-corrected chi connectivity index (χ0v) is 20.1. The number of rotatable bonds is 7. The van der Waals surface area contributed by atoms with Crippen LogP contribution in [0.25, 0.3) is 27.8 Å². The first-order valence-corrected chi connectivity index (χ1v) is 12.2.